The van der Waals surface area contributed by atoms with Gasteiger partial charge in [-0.15, -0.1) is 0 Å². The van der Waals surface area contributed by atoms with Gasteiger partial charge in [-0.1, -0.05) is 24.3 Å². The Hall–Kier alpha value is -2.63. The Kier molecular flexibility index (Phi) is 3.40. The Morgan fingerprint density at radius 3 is 2.25 bits per heavy atom. The van der Waals surface area contributed by atoms with Gasteiger partial charge in [-0.2, -0.15) is 0 Å². The number of hydrogen-bond donors (Lipinski definition) is 2. The standard InChI is InChI=1S/C18H18N2O4/c21-13-5-1-10(2-6-13)8-19-14(22)9-20-17(23)15-11-3-4-12(7-11)16(15)18(20)24/h1-6,11-12,15-16,21H,7-9H2,(H,19,22)/t11-,12-,15-,16-/m0/s1. The number of phenols is 1. The normalized spacial score (nSPS) is 30.1. The molecule has 2 fully saturated rings. The molecule has 0 spiro atoms. The van der Waals surface area contributed by atoms with E-state index in [-0.39, 0.29) is 60.2 Å². The third-order valence-corrected chi connectivity index (χ3v) is 5.29. The molecule has 1 saturated heterocycles. The second kappa shape index (κ2) is 5.47. The highest BCUT2D eigenvalue weighted by Gasteiger charge is 2.59. The van der Waals surface area contributed by atoms with E-state index in [1.165, 1.54) is 0 Å². The van der Waals surface area contributed by atoms with E-state index < -0.39 is 0 Å². The fourth-order valence-corrected chi connectivity index (χ4v) is 4.13. The number of rotatable bonds is 4. The molecule has 4 rings (SSSR count). The van der Waals surface area contributed by atoms with Crippen molar-refractivity contribution in [3.8, 4) is 5.75 Å². The largest absolute Gasteiger partial charge is 0.508 e. The van der Waals surface area contributed by atoms with Gasteiger partial charge in [0.05, 0.1) is 11.8 Å². The minimum atomic E-state index is -0.356. The van der Waals surface area contributed by atoms with Gasteiger partial charge in [-0.3, -0.25) is 19.3 Å². The van der Waals surface area contributed by atoms with Crippen molar-refractivity contribution in [1.82, 2.24) is 10.2 Å². The maximum Gasteiger partial charge on any atom is 0.240 e. The smallest absolute Gasteiger partial charge is 0.240 e. The van der Waals surface area contributed by atoms with Crippen LogP contribution in [0.15, 0.2) is 36.4 Å². The molecule has 6 nitrogen and oxygen atoms in total. The summed E-state index contributed by atoms with van der Waals surface area (Å²) in [5.74, 6) is -0.834. The molecule has 3 amide bonds. The van der Waals surface area contributed by atoms with Crippen LogP contribution < -0.4 is 5.32 Å². The van der Waals surface area contributed by atoms with E-state index in [1.807, 2.05) is 12.2 Å². The molecule has 0 unspecified atom stereocenters. The lowest BCUT2D eigenvalue weighted by molar-refractivity contribution is -0.144. The predicted octanol–water partition coefficient (Wildman–Crippen LogP) is 0.815. The Labute approximate surface area is 139 Å². The summed E-state index contributed by atoms with van der Waals surface area (Å²) in [6.45, 7) is 0.0667. The summed E-state index contributed by atoms with van der Waals surface area (Å²) >= 11 is 0. The highest BCUT2D eigenvalue weighted by Crippen LogP contribution is 2.52. The average molecular weight is 326 g/mol. The van der Waals surface area contributed by atoms with E-state index in [4.69, 9.17) is 0 Å². The first-order valence-corrected chi connectivity index (χ1v) is 8.13. The van der Waals surface area contributed by atoms with E-state index in [2.05, 4.69) is 5.32 Å². The molecule has 1 heterocycles. The molecule has 124 valence electrons. The van der Waals surface area contributed by atoms with Crippen LogP contribution in [0.4, 0.5) is 0 Å². The number of aromatic hydroxyl groups is 1. The Morgan fingerprint density at radius 2 is 1.67 bits per heavy atom. The first kappa shape index (κ1) is 14.9. The Morgan fingerprint density at radius 1 is 1.08 bits per heavy atom. The van der Waals surface area contributed by atoms with Gasteiger partial charge in [0.1, 0.15) is 12.3 Å². The minimum absolute atomic E-state index is 0.154. The van der Waals surface area contributed by atoms with Gasteiger partial charge in [0, 0.05) is 6.54 Å². The fraction of sp³-hybridized carbons (Fsp3) is 0.389. The summed E-state index contributed by atoms with van der Waals surface area (Å²) in [5, 5.41) is 11.9. The van der Waals surface area contributed by atoms with Crippen molar-refractivity contribution in [3.05, 3.63) is 42.0 Å². The highest BCUT2D eigenvalue weighted by molar-refractivity contribution is 6.08. The molecule has 3 aliphatic rings. The topological polar surface area (TPSA) is 86.7 Å². The number of imide groups is 1. The van der Waals surface area contributed by atoms with Crippen LogP contribution in [0.2, 0.25) is 0 Å². The lowest BCUT2D eigenvalue weighted by atomic mass is 9.85. The van der Waals surface area contributed by atoms with Crippen LogP contribution in [0.3, 0.4) is 0 Å². The van der Waals surface area contributed by atoms with Crippen LogP contribution in [0.1, 0.15) is 12.0 Å². The van der Waals surface area contributed by atoms with E-state index >= 15 is 0 Å². The summed E-state index contributed by atoms with van der Waals surface area (Å²) in [5.41, 5.74) is 0.833. The molecule has 2 bridgehead atoms. The molecule has 1 aromatic rings. The van der Waals surface area contributed by atoms with Crippen LogP contribution >= 0.6 is 0 Å². The number of carbonyl (C=O) groups excluding carboxylic acids is 3. The number of carbonyl (C=O) groups is 3. The van der Waals surface area contributed by atoms with Gasteiger partial charge in [0.25, 0.3) is 0 Å². The van der Waals surface area contributed by atoms with Crippen molar-refractivity contribution in [3.63, 3.8) is 0 Å². The number of allylic oxidation sites excluding steroid dienone is 2. The van der Waals surface area contributed by atoms with Crippen molar-refractivity contribution in [2.45, 2.75) is 13.0 Å². The van der Waals surface area contributed by atoms with Crippen molar-refractivity contribution in [2.75, 3.05) is 6.54 Å². The zero-order valence-corrected chi connectivity index (χ0v) is 13.0. The molecule has 1 aromatic carbocycles. The summed E-state index contributed by atoms with van der Waals surface area (Å²) in [6, 6.07) is 6.49. The molecule has 2 N–H and O–H groups in total. The second-order valence-corrected chi connectivity index (χ2v) is 6.71. The number of amides is 3. The van der Waals surface area contributed by atoms with E-state index in [1.54, 1.807) is 24.3 Å². The zero-order chi connectivity index (χ0) is 16.8. The molecule has 6 heteroatoms. The van der Waals surface area contributed by atoms with Crippen molar-refractivity contribution >= 4 is 17.7 Å². The molecule has 24 heavy (non-hydrogen) atoms. The van der Waals surface area contributed by atoms with Crippen LogP contribution in [0.25, 0.3) is 0 Å². The van der Waals surface area contributed by atoms with Gasteiger partial charge >= 0.3 is 0 Å². The van der Waals surface area contributed by atoms with Crippen LogP contribution in [-0.2, 0) is 20.9 Å². The molecule has 4 atom stereocenters. The third-order valence-electron chi connectivity index (χ3n) is 5.29. The molecular weight excluding hydrogens is 308 g/mol. The van der Waals surface area contributed by atoms with Gasteiger partial charge in [0.2, 0.25) is 17.7 Å². The number of hydrogen-bond acceptors (Lipinski definition) is 4. The second-order valence-electron chi connectivity index (χ2n) is 6.71. The van der Waals surface area contributed by atoms with E-state index in [0.29, 0.717) is 0 Å². The molecule has 1 aliphatic heterocycles. The number of likely N-dealkylation sites (tertiary alicyclic amines) is 1. The number of fused-ring (bicyclic) bond motifs is 5. The molecule has 1 saturated carbocycles. The monoisotopic (exact) mass is 326 g/mol. The van der Waals surface area contributed by atoms with Crippen LogP contribution in [0, 0.1) is 23.7 Å². The Balaban J connectivity index is 1.37. The molecular formula is C18H18N2O4. The summed E-state index contributed by atoms with van der Waals surface area (Å²) < 4.78 is 0. The summed E-state index contributed by atoms with van der Waals surface area (Å²) in [4.78, 5) is 38.2. The van der Waals surface area contributed by atoms with Gasteiger partial charge in [-0.25, -0.2) is 0 Å². The quantitative estimate of drug-likeness (QED) is 0.633. The number of nitrogens with zero attached hydrogens (tertiary/aromatic N) is 1. The number of benzene rings is 1. The van der Waals surface area contributed by atoms with Crippen molar-refractivity contribution in [1.29, 1.82) is 0 Å². The van der Waals surface area contributed by atoms with Crippen molar-refractivity contribution in [2.24, 2.45) is 23.7 Å². The SMILES string of the molecule is O=C(CN1C(=O)[C@@H]2[C@@H](C1=O)[C@H]1C=C[C@H]2C1)NCc1ccc(O)cc1. The van der Waals surface area contributed by atoms with Gasteiger partial charge in [-0.05, 0) is 36.0 Å². The number of nitrogens with one attached hydrogen (secondary N) is 1. The summed E-state index contributed by atoms with van der Waals surface area (Å²) in [7, 11) is 0. The number of phenolic OH excluding ortho intramolecular Hbond substituents is 1. The summed E-state index contributed by atoms with van der Waals surface area (Å²) in [6.07, 6.45) is 4.95. The van der Waals surface area contributed by atoms with Crippen molar-refractivity contribution < 1.29 is 19.5 Å². The Bertz CT molecular complexity index is 710. The predicted molar refractivity (Wildman–Crippen MR) is 84.4 cm³/mol. The lowest BCUT2D eigenvalue weighted by Gasteiger charge is -2.16. The molecule has 2 aliphatic carbocycles. The molecule has 0 aromatic heterocycles. The first-order chi connectivity index (χ1) is 11.5. The van der Waals surface area contributed by atoms with E-state index in [9.17, 15) is 19.5 Å². The van der Waals surface area contributed by atoms with Gasteiger partial charge in [0.15, 0.2) is 0 Å². The fourth-order valence-electron chi connectivity index (χ4n) is 4.13. The maximum absolute atomic E-state index is 12.5. The van der Waals surface area contributed by atoms with E-state index in [0.717, 1.165) is 16.9 Å². The third kappa shape index (κ3) is 2.29. The van der Waals surface area contributed by atoms with Crippen LogP contribution in [0.5, 0.6) is 5.75 Å². The zero-order valence-electron chi connectivity index (χ0n) is 13.0. The highest BCUT2D eigenvalue weighted by atomic mass is 16.3. The maximum atomic E-state index is 12.5. The average Bonchev–Trinajstić information content (AvgIpc) is 3.24. The first-order valence-electron chi connectivity index (χ1n) is 8.13. The van der Waals surface area contributed by atoms with Gasteiger partial charge < -0.3 is 10.4 Å². The lowest BCUT2D eigenvalue weighted by Crippen LogP contribution is -2.41. The molecule has 0 radical (unpaired) electrons. The van der Waals surface area contributed by atoms with Crippen LogP contribution in [-0.4, -0.2) is 34.3 Å². The minimum Gasteiger partial charge on any atom is -0.508 e.